The standard InChI is InChI=1S/C12H11BrIN3O/c1-2-7-5-8(13)3-4-9(7)17-11-10(14)12(18)16-6-15-11/h3-6H,2H2,1H3,(H2,15,16,17,18). The maximum Gasteiger partial charge on any atom is 0.266 e. The van der Waals surface area contributed by atoms with Crippen LogP contribution in [0.4, 0.5) is 11.5 Å². The highest BCUT2D eigenvalue weighted by Gasteiger charge is 2.08. The van der Waals surface area contributed by atoms with Crippen LogP contribution in [0.1, 0.15) is 12.5 Å². The van der Waals surface area contributed by atoms with Crippen molar-refractivity contribution in [2.45, 2.75) is 13.3 Å². The lowest BCUT2D eigenvalue weighted by Gasteiger charge is -2.11. The SMILES string of the molecule is CCc1cc(Br)ccc1Nc1nc[nH]c(=O)c1I. The maximum absolute atomic E-state index is 11.5. The van der Waals surface area contributed by atoms with E-state index in [1.54, 1.807) is 0 Å². The molecule has 2 aromatic rings. The number of rotatable bonds is 3. The molecule has 4 nitrogen and oxygen atoms in total. The molecule has 1 heterocycles. The van der Waals surface area contributed by atoms with Crippen molar-refractivity contribution in [3.05, 3.63) is 48.5 Å². The average molecular weight is 420 g/mol. The van der Waals surface area contributed by atoms with E-state index < -0.39 is 0 Å². The molecule has 2 N–H and O–H groups in total. The summed E-state index contributed by atoms with van der Waals surface area (Å²) in [5.74, 6) is 0.580. The van der Waals surface area contributed by atoms with E-state index in [9.17, 15) is 4.79 Å². The summed E-state index contributed by atoms with van der Waals surface area (Å²) < 4.78 is 1.60. The zero-order chi connectivity index (χ0) is 13.1. The Morgan fingerprint density at radius 2 is 2.28 bits per heavy atom. The van der Waals surface area contributed by atoms with Gasteiger partial charge in [-0.3, -0.25) is 4.79 Å². The molecule has 0 saturated heterocycles. The fraction of sp³-hybridized carbons (Fsp3) is 0.167. The summed E-state index contributed by atoms with van der Waals surface area (Å²) in [7, 11) is 0. The maximum atomic E-state index is 11.5. The number of aromatic amines is 1. The molecule has 0 spiro atoms. The highest BCUT2D eigenvalue weighted by Crippen LogP contribution is 2.25. The molecule has 0 atom stereocenters. The molecular weight excluding hydrogens is 409 g/mol. The number of H-pyrrole nitrogens is 1. The number of halogens is 2. The van der Waals surface area contributed by atoms with E-state index in [4.69, 9.17) is 0 Å². The summed E-state index contributed by atoms with van der Waals surface area (Å²) in [6, 6.07) is 5.99. The van der Waals surface area contributed by atoms with Gasteiger partial charge in [0.2, 0.25) is 0 Å². The normalized spacial score (nSPS) is 10.4. The largest absolute Gasteiger partial charge is 0.339 e. The van der Waals surface area contributed by atoms with Gasteiger partial charge >= 0.3 is 0 Å². The van der Waals surface area contributed by atoms with Crippen LogP contribution in [-0.4, -0.2) is 9.97 Å². The topological polar surface area (TPSA) is 57.8 Å². The second kappa shape index (κ2) is 5.83. The summed E-state index contributed by atoms with van der Waals surface area (Å²) in [4.78, 5) is 18.2. The van der Waals surface area contributed by atoms with E-state index >= 15 is 0 Å². The number of aryl methyl sites for hydroxylation is 1. The van der Waals surface area contributed by atoms with Gasteiger partial charge in [0, 0.05) is 10.2 Å². The summed E-state index contributed by atoms with van der Waals surface area (Å²) in [5.41, 5.74) is 2.00. The van der Waals surface area contributed by atoms with Crippen molar-refractivity contribution in [2.24, 2.45) is 0 Å². The number of hydrogen-bond acceptors (Lipinski definition) is 3. The smallest absolute Gasteiger partial charge is 0.266 e. The number of anilines is 2. The zero-order valence-electron chi connectivity index (χ0n) is 9.63. The van der Waals surface area contributed by atoms with Crippen LogP contribution in [0.3, 0.4) is 0 Å². The minimum Gasteiger partial charge on any atom is -0.339 e. The Bertz CT molecular complexity index is 627. The highest BCUT2D eigenvalue weighted by atomic mass is 127. The number of aromatic nitrogens is 2. The number of hydrogen-bond donors (Lipinski definition) is 2. The van der Waals surface area contributed by atoms with Crippen LogP contribution >= 0.6 is 38.5 Å². The van der Waals surface area contributed by atoms with Crippen LogP contribution in [0.5, 0.6) is 0 Å². The first-order chi connectivity index (χ1) is 8.61. The van der Waals surface area contributed by atoms with Gasteiger partial charge in [-0.15, -0.1) is 0 Å². The Hall–Kier alpha value is -0.890. The Kier molecular flexibility index (Phi) is 4.39. The van der Waals surface area contributed by atoms with Gasteiger partial charge in [0.1, 0.15) is 3.57 Å². The van der Waals surface area contributed by atoms with Crippen molar-refractivity contribution in [3.63, 3.8) is 0 Å². The van der Waals surface area contributed by atoms with E-state index in [-0.39, 0.29) is 5.56 Å². The van der Waals surface area contributed by atoms with Crippen LogP contribution in [0.2, 0.25) is 0 Å². The summed E-state index contributed by atoms with van der Waals surface area (Å²) in [6.07, 6.45) is 2.30. The van der Waals surface area contributed by atoms with Crippen molar-refractivity contribution in [3.8, 4) is 0 Å². The second-order valence-electron chi connectivity index (χ2n) is 3.67. The summed E-state index contributed by atoms with van der Waals surface area (Å²) >= 11 is 5.43. The van der Waals surface area contributed by atoms with Crippen molar-refractivity contribution in [2.75, 3.05) is 5.32 Å². The fourth-order valence-electron chi connectivity index (χ4n) is 1.57. The molecule has 0 saturated carbocycles. The van der Waals surface area contributed by atoms with E-state index in [2.05, 4.69) is 44.2 Å². The van der Waals surface area contributed by atoms with Gasteiger partial charge in [-0.1, -0.05) is 22.9 Å². The molecule has 0 amide bonds. The zero-order valence-corrected chi connectivity index (χ0v) is 13.4. The van der Waals surface area contributed by atoms with E-state index in [0.29, 0.717) is 9.39 Å². The van der Waals surface area contributed by atoms with Crippen LogP contribution in [0.25, 0.3) is 0 Å². The predicted octanol–water partition coefficient (Wildman–Crippen LogP) is 3.44. The minimum atomic E-state index is -0.136. The van der Waals surface area contributed by atoms with E-state index in [1.165, 1.54) is 11.9 Å². The molecule has 2 rings (SSSR count). The lowest BCUT2D eigenvalue weighted by Crippen LogP contribution is -2.13. The average Bonchev–Trinajstić information content (AvgIpc) is 2.37. The molecule has 0 aliphatic heterocycles. The third-order valence-corrected chi connectivity index (χ3v) is 3.99. The molecule has 0 fully saturated rings. The van der Waals surface area contributed by atoms with Crippen LogP contribution in [0, 0.1) is 3.57 Å². The van der Waals surface area contributed by atoms with Crippen molar-refractivity contribution >= 4 is 50.0 Å². The first kappa shape index (κ1) is 13.5. The highest BCUT2D eigenvalue weighted by molar-refractivity contribution is 14.1. The molecule has 0 radical (unpaired) electrons. The van der Waals surface area contributed by atoms with Crippen LogP contribution < -0.4 is 10.9 Å². The molecule has 0 aliphatic rings. The number of nitrogens with zero attached hydrogens (tertiary/aromatic N) is 1. The Labute approximate surface area is 126 Å². The molecule has 94 valence electrons. The summed E-state index contributed by atoms with van der Waals surface area (Å²) in [6.45, 7) is 2.09. The van der Waals surface area contributed by atoms with Crippen LogP contribution in [0.15, 0.2) is 33.8 Å². The van der Waals surface area contributed by atoms with Gasteiger partial charge in [0.15, 0.2) is 5.82 Å². The first-order valence-electron chi connectivity index (χ1n) is 5.40. The molecule has 1 aromatic carbocycles. The molecular formula is C12H11BrIN3O. The van der Waals surface area contributed by atoms with Gasteiger partial charge in [-0.2, -0.15) is 0 Å². The monoisotopic (exact) mass is 419 g/mol. The minimum absolute atomic E-state index is 0.136. The van der Waals surface area contributed by atoms with Gasteiger partial charge in [-0.05, 0) is 52.8 Å². The van der Waals surface area contributed by atoms with Crippen molar-refractivity contribution in [1.82, 2.24) is 9.97 Å². The molecule has 0 bridgehead atoms. The Balaban J connectivity index is 2.40. The quantitative estimate of drug-likeness (QED) is 0.749. The number of benzene rings is 1. The van der Waals surface area contributed by atoms with Crippen molar-refractivity contribution in [1.29, 1.82) is 0 Å². The Morgan fingerprint density at radius 3 is 3.00 bits per heavy atom. The lowest BCUT2D eigenvalue weighted by atomic mass is 10.1. The summed E-state index contributed by atoms with van der Waals surface area (Å²) in [5, 5.41) is 3.20. The second-order valence-corrected chi connectivity index (χ2v) is 5.67. The molecule has 1 aromatic heterocycles. The molecule has 0 aliphatic carbocycles. The van der Waals surface area contributed by atoms with Gasteiger partial charge < -0.3 is 10.3 Å². The first-order valence-corrected chi connectivity index (χ1v) is 7.27. The molecule has 18 heavy (non-hydrogen) atoms. The van der Waals surface area contributed by atoms with Gasteiger partial charge in [0.05, 0.1) is 6.33 Å². The van der Waals surface area contributed by atoms with Gasteiger partial charge in [0.25, 0.3) is 5.56 Å². The van der Waals surface area contributed by atoms with Gasteiger partial charge in [-0.25, -0.2) is 4.98 Å². The van der Waals surface area contributed by atoms with E-state index in [0.717, 1.165) is 16.6 Å². The Morgan fingerprint density at radius 1 is 1.50 bits per heavy atom. The molecule has 6 heteroatoms. The number of nitrogens with one attached hydrogen (secondary N) is 2. The fourth-order valence-corrected chi connectivity index (χ4v) is 2.41. The molecule has 0 unspecified atom stereocenters. The van der Waals surface area contributed by atoms with E-state index in [1.807, 2.05) is 34.7 Å². The van der Waals surface area contributed by atoms with Crippen molar-refractivity contribution < 1.29 is 0 Å². The lowest BCUT2D eigenvalue weighted by molar-refractivity contribution is 1.09. The third-order valence-electron chi connectivity index (χ3n) is 2.50. The predicted molar refractivity (Wildman–Crippen MR) is 84.4 cm³/mol. The van der Waals surface area contributed by atoms with Crippen LogP contribution in [-0.2, 0) is 6.42 Å². The third kappa shape index (κ3) is 2.92.